The minimum Gasteiger partial charge on any atom is -0.394 e. The van der Waals surface area contributed by atoms with Crippen LogP contribution in [0.4, 0.5) is 11.5 Å². The van der Waals surface area contributed by atoms with Gasteiger partial charge in [-0.2, -0.15) is 5.10 Å². The van der Waals surface area contributed by atoms with Crippen LogP contribution in [-0.2, 0) is 10.0 Å². The molecule has 0 aliphatic carbocycles. The highest BCUT2D eigenvalue weighted by Gasteiger charge is 2.12. The van der Waals surface area contributed by atoms with E-state index in [-0.39, 0.29) is 11.6 Å². The van der Waals surface area contributed by atoms with Crippen molar-refractivity contribution in [3.63, 3.8) is 0 Å². The Kier molecular flexibility index (Phi) is 2.46. The molecule has 1 heterocycles. The second kappa shape index (κ2) is 3.25. The van der Waals surface area contributed by atoms with Gasteiger partial charge in [-0.3, -0.25) is 9.82 Å². The van der Waals surface area contributed by atoms with Crippen molar-refractivity contribution >= 4 is 21.5 Å². The number of aromatic nitrogens is 2. The average Bonchev–Trinajstić information content (AvgIpc) is 2.36. The maximum Gasteiger partial charge on any atom is 0.233 e. The Morgan fingerprint density at radius 2 is 2.23 bits per heavy atom. The first-order valence-electron chi connectivity index (χ1n) is 3.77. The van der Waals surface area contributed by atoms with E-state index in [1.165, 1.54) is 6.92 Å². The number of nitrogens with two attached hydrogens (primary N) is 1. The Labute approximate surface area is 76.6 Å². The summed E-state index contributed by atoms with van der Waals surface area (Å²) in [4.78, 5) is 0. The minimum atomic E-state index is -3.29. The molecule has 0 bridgehead atoms. The van der Waals surface area contributed by atoms with Crippen LogP contribution in [0.25, 0.3) is 0 Å². The van der Waals surface area contributed by atoms with Crippen molar-refractivity contribution in [3.05, 3.63) is 5.69 Å². The van der Waals surface area contributed by atoms with Gasteiger partial charge in [0.05, 0.1) is 17.1 Å². The lowest BCUT2D eigenvalue weighted by atomic mass is 10.4. The van der Waals surface area contributed by atoms with Gasteiger partial charge in [-0.25, -0.2) is 8.42 Å². The molecule has 0 amide bonds. The van der Waals surface area contributed by atoms with Crippen molar-refractivity contribution in [2.45, 2.75) is 13.8 Å². The van der Waals surface area contributed by atoms with Crippen molar-refractivity contribution < 1.29 is 8.42 Å². The van der Waals surface area contributed by atoms with E-state index >= 15 is 0 Å². The summed E-state index contributed by atoms with van der Waals surface area (Å²) in [5.74, 6) is 0.164. The molecule has 0 fully saturated rings. The molecule has 74 valence electrons. The topological polar surface area (TPSA) is 101 Å². The van der Waals surface area contributed by atoms with E-state index < -0.39 is 10.0 Å². The molecule has 0 spiro atoms. The first-order valence-corrected chi connectivity index (χ1v) is 5.42. The van der Waals surface area contributed by atoms with Crippen LogP contribution in [0.3, 0.4) is 0 Å². The molecule has 1 aromatic rings. The summed E-state index contributed by atoms with van der Waals surface area (Å²) < 4.78 is 24.5. The zero-order valence-electron chi connectivity index (χ0n) is 7.46. The summed E-state index contributed by atoms with van der Waals surface area (Å²) >= 11 is 0. The van der Waals surface area contributed by atoms with Gasteiger partial charge in [-0.15, -0.1) is 0 Å². The molecule has 1 aromatic heterocycles. The van der Waals surface area contributed by atoms with Crippen molar-refractivity contribution in [1.29, 1.82) is 0 Å². The van der Waals surface area contributed by atoms with E-state index in [1.54, 1.807) is 6.92 Å². The maximum atomic E-state index is 11.1. The average molecular weight is 204 g/mol. The molecule has 4 N–H and O–H groups in total. The van der Waals surface area contributed by atoms with Crippen LogP contribution in [0.5, 0.6) is 0 Å². The van der Waals surface area contributed by atoms with E-state index in [1.807, 2.05) is 0 Å². The molecule has 1 rings (SSSR count). The second-order valence-electron chi connectivity index (χ2n) is 2.62. The lowest BCUT2D eigenvalue weighted by Crippen LogP contribution is -2.15. The van der Waals surface area contributed by atoms with Gasteiger partial charge in [0.25, 0.3) is 0 Å². The molecule has 6 nitrogen and oxygen atoms in total. The van der Waals surface area contributed by atoms with Crippen LogP contribution in [0, 0.1) is 6.92 Å². The van der Waals surface area contributed by atoms with E-state index in [0.717, 1.165) is 0 Å². The third-order valence-corrected chi connectivity index (χ3v) is 2.89. The van der Waals surface area contributed by atoms with Gasteiger partial charge in [0, 0.05) is 0 Å². The highest BCUT2D eigenvalue weighted by molar-refractivity contribution is 7.92. The zero-order chi connectivity index (χ0) is 10.1. The van der Waals surface area contributed by atoms with E-state index in [9.17, 15) is 8.42 Å². The molecule has 0 unspecified atom stereocenters. The first kappa shape index (κ1) is 9.85. The number of nitrogens with one attached hydrogen (secondary N) is 2. The Morgan fingerprint density at radius 3 is 2.62 bits per heavy atom. The smallest absolute Gasteiger partial charge is 0.233 e. The number of hydrogen-bond donors (Lipinski definition) is 3. The molecule has 0 aromatic carbocycles. The van der Waals surface area contributed by atoms with Crippen molar-refractivity contribution in [1.82, 2.24) is 10.2 Å². The zero-order valence-corrected chi connectivity index (χ0v) is 8.27. The molecule has 0 atom stereocenters. The Morgan fingerprint density at radius 1 is 1.62 bits per heavy atom. The number of hydrogen-bond acceptors (Lipinski definition) is 4. The van der Waals surface area contributed by atoms with Crippen LogP contribution in [-0.4, -0.2) is 24.4 Å². The number of rotatable bonds is 3. The molecule has 7 heteroatoms. The summed E-state index contributed by atoms with van der Waals surface area (Å²) in [6, 6.07) is 0. The molecular weight excluding hydrogens is 192 g/mol. The predicted molar refractivity (Wildman–Crippen MR) is 50.8 cm³/mol. The summed E-state index contributed by atoms with van der Waals surface area (Å²) in [6.45, 7) is 3.25. The summed E-state index contributed by atoms with van der Waals surface area (Å²) in [5.41, 5.74) is 6.52. The third-order valence-electron chi connectivity index (χ3n) is 1.63. The van der Waals surface area contributed by atoms with Gasteiger partial charge in [0.15, 0.2) is 5.82 Å². The van der Waals surface area contributed by atoms with Crippen molar-refractivity contribution in [3.8, 4) is 0 Å². The largest absolute Gasteiger partial charge is 0.394 e. The predicted octanol–water partition coefficient (Wildman–Crippen LogP) is 0.0619. The Balaban J connectivity index is 2.93. The Hall–Kier alpha value is -1.24. The highest BCUT2D eigenvalue weighted by atomic mass is 32.2. The SMILES string of the molecule is CCS(=O)(=O)Nc1n[nH]c(C)c1N. The quantitative estimate of drug-likeness (QED) is 0.648. The van der Waals surface area contributed by atoms with E-state index in [2.05, 4.69) is 14.9 Å². The van der Waals surface area contributed by atoms with E-state index in [0.29, 0.717) is 11.4 Å². The number of aromatic amines is 1. The van der Waals surface area contributed by atoms with Crippen LogP contribution in [0.2, 0.25) is 0 Å². The number of anilines is 2. The standard InChI is InChI=1S/C6H12N4O2S/c1-3-13(11,12)10-6-5(7)4(2)8-9-6/h3,7H2,1-2H3,(H2,8,9,10). The number of aryl methyl sites for hydroxylation is 1. The highest BCUT2D eigenvalue weighted by Crippen LogP contribution is 2.18. The van der Waals surface area contributed by atoms with Crippen LogP contribution in [0.1, 0.15) is 12.6 Å². The number of sulfonamides is 1. The van der Waals surface area contributed by atoms with Gasteiger partial charge in [-0.1, -0.05) is 0 Å². The minimum absolute atomic E-state index is 0.00164. The van der Waals surface area contributed by atoms with Gasteiger partial charge in [-0.05, 0) is 13.8 Å². The maximum absolute atomic E-state index is 11.1. The van der Waals surface area contributed by atoms with Crippen molar-refractivity contribution in [2.24, 2.45) is 0 Å². The lowest BCUT2D eigenvalue weighted by Gasteiger charge is -2.02. The molecule has 0 saturated heterocycles. The summed E-state index contributed by atoms with van der Waals surface area (Å²) in [5, 5.41) is 6.29. The molecule has 0 aliphatic rings. The van der Waals surface area contributed by atoms with Crippen LogP contribution >= 0.6 is 0 Å². The number of nitrogen functional groups attached to an aromatic ring is 1. The van der Waals surface area contributed by atoms with Gasteiger partial charge < -0.3 is 5.73 Å². The fraction of sp³-hybridized carbons (Fsp3) is 0.500. The summed E-state index contributed by atoms with van der Waals surface area (Å²) in [7, 11) is -3.29. The van der Waals surface area contributed by atoms with Gasteiger partial charge in [0.1, 0.15) is 0 Å². The fourth-order valence-electron chi connectivity index (χ4n) is 0.735. The molecule has 13 heavy (non-hydrogen) atoms. The summed E-state index contributed by atoms with van der Waals surface area (Å²) in [6.07, 6.45) is 0. The van der Waals surface area contributed by atoms with Crippen LogP contribution < -0.4 is 10.5 Å². The lowest BCUT2D eigenvalue weighted by molar-refractivity contribution is 0.602. The Bertz CT molecular complexity index is 395. The normalized spacial score (nSPS) is 11.5. The van der Waals surface area contributed by atoms with Crippen LogP contribution in [0.15, 0.2) is 0 Å². The van der Waals surface area contributed by atoms with Gasteiger partial charge in [0.2, 0.25) is 10.0 Å². The number of nitrogens with zero attached hydrogens (tertiary/aromatic N) is 1. The molecule has 0 saturated carbocycles. The third kappa shape index (κ3) is 2.11. The fourth-order valence-corrected chi connectivity index (χ4v) is 1.33. The molecule has 0 radical (unpaired) electrons. The van der Waals surface area contributed by atoms with Gasteiger partial charge >= 0.3 is 0 Å². The molecule has 0 aliphatic heterocycles. The van der Waals surface area contributed by atoms with E-state index in [4.69, 9.17) is 5.73 Å². The second-order valence-corrected chi connectivity index (χ2v) is 4.63. The number of H-pyrrole nitrogens is 1. The monoisotopic (exact) mass is 204 g/mol. The first-order chi connectivity index (χ1) is 5.96. The molecular formula is C6H12N4O2S. The van der Waals surface area contributed by atoms with Crippen molar-refractivity contribution in [2.75, 3.05) is 16.2 Å².